The lowest BCUT2D eigenvalue weighted by Crippen LogP contribution is -2.41. The van der Waals surface area contributed by atoms with Crippen molar-refractivity contribution < 1.29 is 4.79 Å². The van der Waals surface area contributed by atoms with E-state index in [2.05, 4.69) is 31.1 Å². The molecule has 1 aliphatic rings. The summed E-state index contributed by atoms with van der Waals surface area (Å²) < 4.78 is 0. The molecule has 1 fully saturated rings. The second kappa shape index (κ2) is 12.7. The molecule has 31 heavy (non-hydrogen) atoms. The minimum absolute atomic E-state index is 0.0975. The summed E-state index contributed by atoms with van der Waals surface area (Å²) in [6.45, 7) is 7.88. The lowest BCUT2D eigenvalue weighted by atomic mass is 10.1. The third kappa shape index (κ3) is 7.70. The van der Waals surface area contributed by atoms with Gasteiger partial charge in [0.25, 0.3) is 0 Å². The number of thiophene rings is 1. The quantitative estimate of drug-likeness (QED) is 0.246. The van der Waals surface area contributed by atoms with Crippen LogP contribution in [0.4, 0.5) is 0 Å². The smallest absolute Gasteiger partial charge is 0.205 e. The largest absolute Gasteiger partial charge is 0.314 e. The van der Waals surface area contributed by atoms with Crippen molar-refractivity contribution in [2.45, 2.75) is 69.4 Å². The van der Waals surface area contributed by atoms with Gasteiger partial charge in [0.2, 0.25) is 5.78 Å². The number of nitrogens with zero attached hydrogens (tertiary/aromatic N) is 2. The molecule has 3 heterocycles. The third-order valence-electron chi connectivity index (χ3n) is 5.92. The molecule has 0 amide bonds. The summed E-state index contributed by atoms with van der Waals surface area (Å²) in [5, 5.41) is 6.58. The summed E-state index contributed by atoms with van der Waals surface area (Å²) in [4.78, 5) is 21.0. The molecule has 4 nitrogen and oxygen atoms in total. The number of hydrogen-bond donors (Lipinski definition) is 1. The van der Waals surface area contributed by atoms with Gasteiger partial charge in [-0.15, -0.1) is 23.1 Å². The van der Waals surface area contributed by atoms with Crippen LogP contribution in [0.25, 0.3) is 0 Å². The van der Waals surface area contributed by atoms with Crippen LogP contribution in [0.3, 0.4) is 0 Å². The molecule has 0 bridgehead atoms. The van der Waals surface area contributed by atoms with Crippen LogP contribution in [0.2, 0.25) is 0 Å². The summed E-state index contributed by atoms with van der Waals surface area (Å²) in [5.74, 6) is 1.48. The highest BCUT2D eigenvalue weighted by Crippen LogP contribution is 2.28. The van der Waals surface area contributed by atoms with Gasteiger partial charge >= 0.3 is 0 Å². The average molecular weight is 460 g/mol. The predicted molar refractivity (Wildman–Crippen MR) is 134 cm³/mol. The SMILES string of the molecule is CC(C)c1ccc(C(=O)c2cccs2)c(SCCCCCCNC2CCN(C)CC2)n1. The van der Waals surface area contributed by atoms with E-state index in [1.165, 1.54) is 63.0 Å². The van der Waals surface area contributed by atoms with Gasteiger partial charge < -0.3 is 10.2 Å². The number of aromatic nitrogens is 1. The molecule has 0 aromatic carbocycles. The van der Waals surface area contributed by atoms with Crippen molar-refractivity contribution in [2.24, 2.45) is 0 Å². The number of piperidine rings is 1. The van der Waals surface area contributed by atoms with Crippen molar-refractivity contribution in [1.82, 2.24) is 15.2 Å². The van der Waals surface area contributed by atoms with Gasteiger partial charge in [-0.1, -0.05) is 32.8 Å². The van der Waals surface area contributed by atoms with Crippen LogP contribution in [0, 0.1) is 0 Å². The van der Waals surface area contributed by atoms with E-state index in [1.54, 1.807) is 11.8 Å². The summed E-state index contributed by atoms with van der Waals surface area (Å²) in [6, 6.07) is 8.53. The average Bonchev–Trinajstić information content (AvgIpc) is 3.31. The Kier molecular flexibility index (Phi) is 10.0. The Labute approximate surface area is 196 Å². The van der Waals surface area contributed by atoms with E-state index in [0.717, 1.165) is 33.5 Å². The molecule has 0 unspecified atom stereocenters. The van der Waals surface area contributed by atoms with Crippen molar-refractivity contribution in [3.8, 4) is 0 Å². The Morgan fingerprint density at radius 2 is 1.97 bits per heavy atom. The van der Waals surface area contributed by atoms with Crippen LogP contribution >= 0.6 is 23.1 Å². The maximum atomic E-state index is 12.9. The number of pyridine rings is 1. The van der Waals surface area contributed by atoms with Gasteiger partial charge in [-0.25, -0.2) is 4.98 Å². The van der Waals surface area contributed by atoms with Gasteiger partial charge in [0, 0.05) is 11.7 Å². The molecule has 6 heteroatoms. The molecule has 0 saturated carbocycles. The van der Waals surface area contributed by atoms with Crippen molar-refractivity contribution in [2.75, 3.05) is 32.4 Å². The van der Waals surface area contributed by atoms with Gasteiger partial charge in [0.1, 0.15) is 5.03 Å². The van der Waals surface area contributed by atoms with Crippen molar-refractivity contribution in [1.29, 1.82) is 0 Å². The zero-order valence-electron chi connectivity index (χ0n) is 19.2. The first-order chi connectivity index (χ1) is 15.0. The van der Waals surface area contributed by atoms with Crippen LogP contribution in [-0.2, 0) is 0 Å². The van der Waals surface area contributed by atoms with Gasteiger partial charge in [-0.05, 0) is 87.6 Å². The van der Waals surface area contributed by atoms with Crippen LogP contribution in [-0.4, -0.2) is 54.1 Å². The summed E-state index contributed by atoms with van der Waals surface area (Å²) in [5.41, 5.74) is 1.81. The second-order valence-corrected chi connectivity index (χ2v) is 10.9. The molecule has 0 aliphatic carbocycles. The first-order valence-electron chi connectivity index (χ1n) is 11.7. The number of carbonyl (C=O) groups excluding carboxylic acids is 1. The van der Waals surface area contributed by atoms with Gasteiger partial charge in [-0.3, -0.25) is 4.79 Å². The van der Waals surface area contributed by atoms with Crippen molar-refractivity contribution in [3.63, 3.8) is 0 Å². The highest BCUT2D eigenvalue weighted by atomic mass is 32.2. The van der Waals surface area contributed by atoms with E-state index in [1.807, 2.05) is 29.6 Å². The van der Waals surface area contributed by atoms with E-state index in [4.69, 9.17) is 4.98 Å². The van der Waals surface area contributed by atoms with E-state index in [9.17, 15) is 4.79 Å². The number of rotatable bonds is 12. The number of carbonyl (C=O) groups is 1. The monoisotopic (exact) mass is 459 g/mol. The molecule has 1 N–H and O–H groups in total. The zero-order chi connectivity index (χ0) is 22.1. The predicted octanol–water partition coefficient (Wildman–Crippen LogP) is 5.83. The summed E-state index contributed by atoms with van der Waals surface area (Å²) in [7, 11) is 2.21. The van der Waals surface area contributed by atoms with Crippen LogP contribution in [0.1, 0.15) is 79.2 Å². The fourth-order valence-electron chi connectivity index (χ4n) is 3.87. The molecule has 1 saturated heterocycles. The Bertz CT molecular complexity index is 799. The molecule has 0 atom stereocenters. The lowest BCUT2D eigenvalue weighted by Gasteiger charge is -2.29. The zero-order valence-corrected chi connectivity index (χ0v) is 20.9. The maximum absolute atomic E-state index is 12.9. The molecule has 0 radical (unpaired) electrons. The molecule has 3 rings (SSSR count). The lowest BCUT2D eigenvalue weighted by molar-refractivity contribution is 0.103. The highest BCUT2D eigenvalue weighted by Gasteiger charge is 2.18. The molecular formula is C25H37N3OS2. The molecule has 0 spiro atoms. The number of nitrogens with one attached hydrogen (secondary N) is 1. The molecular weight excluding hydrogens is 422 g/mol. The van der Waals surface area contributed by atoms with Gasteiger partial charge in [0.05, 0.1) is 10.4 Å². The van der Waals surface area contributed by atoms with E-state index in [0.29, 0.717) is 12.0 Å². The number of ketones is 1. The summed E-state index contributed by atoms with van der Waals surface area (Å²) >= 11 is 3.24. The summed E-state index contributed by atoms with van der Waals surface area (Å²) in [6.07, 6.45) is 7.48. The highest BCUT2D eigenvalue weighted by molar-refractivity contribution is 7.99. The minimum Gasteiger partial charge on any atom is -0.314 e. The topological polar surface area (TPSA) is 45.2 Å². The van der Waals surface area contributed by atoms with Crippen LogP contribution in [0.5, 0.6) is 0 Å². The first-order valence-corrected chi connectivity index (χ1v) is 13.5. The van der Waals surface area contributed by atoms with Gasteiger partial charge in [0.15, 0.2) is 0 Å². The van der Waals surface area contributed by atoms with Crippen molar-refractivity contribution >= 4 is 28.9 Å². The normalized spacial score (nSPS) is 15.6. The first kappa shape index (κ1) is 24.4. The number of unbranched alkanes of at least 4 members (excludes halogenated alkanes) is 3. The fourth-order valence-corrected chi connectivity index (χ4v) is 5.57. The Morgan fingerprint density at radius 3 is 2.68 bits per heavy atom. The van der Waals surface area contributed by atoms with Crippen LogP contribution in [0.15, 0.2) is 34.7 Å². The number of likely N-dealkylation sites (tertiary alicyclic amines) is 1. The minimum atomic E-state index is 0.0975. The Morgan fingerprint density at radius 1 is 1.19 bits per heavy atom. The van der Waals surface area contributed by atoms with Gasteiger partial charge in [-0.2, -0.15) is 0 Å². The molecule has 1 aliphatic heterocycles. The number of hydrogen-bond acceptors (Lipinski definition) is 6. The van der Waals surface area contributed by atoms with E-state index < -0.39 is 0 Å². The van der Waals surface area contributed by atoms with Crippen molar-refractivity contribution in [3.05, 3.63) is 45.8 Å². The van der Waals surface area contributed by atoms with E-state index >= 15 is 0 Å². The Balaban J connectivity index is 1.41. The second-order valence-electron chi connectivity index (χ2n) is 8.84. The Hall–Kier alpha value is -1.21. The third-order valence-corrected chi connectivity index (χ3v) is 7.87. The number of thioether (sulfide) groups is 1. The molecule has 2 aromatic rings. The molecule has 170 valence electrons. The van der Waals surface area contributed by atoms with Crippen LogP contribution < -0.4 is 5.32 Å². The fraction of sp³-hybridized carbons (Fsp3) is 0.600. The standard InChI is InChI=1S/C25H37N3OS2/c1-19(2)22-11-10-21(24(29)23-9-8-18-30-23)25(27-22)31-17-7-5-4-6-14-26-20-12-15-28(3)16-13-20/h8-11,18-20,26H,4-7,12-17H2,1-3H3. The maximum Gasteiger partial charge on any atom is 0.205 e. The molecule has 2 aromatic heterocycles. The van der Waals surface area contributed by atoms with E-state index in [-0.39, 0.29) is 5.78 Å².